The third kappa shape index (κ3) is 1.55. The summed E-state index contributed by atoms with van der Waals surface area (Å²) in [5.74, 6) is 0. The van der Waals surface area contributed by atoms with Gasteiger partial charge in [-0.25, -0.2) is 0 Å². The molecule has 0 saturated carbocycles. The Hall–Kier alpha value is -3.00. The molecule has 0 N–H and O–H groups in total. The van der Waals surface area contributed by atoms with E-state index in [0.717, 1.165) is 0 Å². The molecule has 115 valence electrons. The molecule has 1 aliphatic heterocycles. The lowest BCUT2D eigenvalue weighted by atomic mass is 9.66. The minimum absolute atomic E-state index is 1.29. The largest absolute Gasteiger partial charge is 0.343 e. The molecule has 6 rings (SSSR count). The van der Waals surface area contributed by atoms with Crippen molar-refractivity contribution >= 4 is 50.8 Å². The number of fused-ring (bicyclic) bond motifs is 10. The summed E-state index contributed by atoms with van der Waals surface area (Å²) in [7, 11) is 4.55. The van der Waals surface area contributed by atoms with Crippen molar-refractivity contribution in [2.75, 3.05) is 0 Å². The normalized spacial score (nSPS) is 12.5. The van der Waals surface area contributed by atoms with Crippen molar-refractivity contribution in [1.29, 1.82) is 0 Å². The molecule has 25 heavy (non-hydrogen) atoms. The summed E-state index contributed by atoms with van der Waals surface area (Å²) in [6, 6.07) is 26.3. The van der Waals surface area contributed by atoms with Gasteiger partial charge >= 0.3 is 0 Å². The lowest BCUT2D eigenvalue weighted by Gasteiger charge is -2.12. The van der Waals surface area contributed by atoms with E-state index in [-0.39, 0.29) is 0 Å². The smallest absolute Gasteiger partial charge is 0.193 e. The molecule has 0 atom stereocenters. The van der Waals surface area contributed by atoms with Gasteiger partial charge in [0.25, 0.3) is 0 Å². The average molecular weight is 316 g/mol. The Balaban J connectivity index is 1.99. The third-order valence-electron chi connectivity index (χ3n) is 5.63. The maximum atomic E-state index is 2.37. The first-order valence-corrected chi connectivity index (χ1v) is 8.70. The molecule has 2 heterocycles. The Morgan fingerprint density at radius 3 is 2.28 bits per heavy atom. The van der Waals surface area contributed by atoms with Crippen LogP contribution in [-0.4, -0.2) is 11.8 Å². The van der Waals surface area contributed by atoms with Gasteiger partial charge in [-0.05, 0) is 22.4 Å². The summed E-state index contributed by atoms with van der Waals surface area (Å²) in [5, 5.41) is 5.40. The number of aromatic nitrogens is 1. The number of hydrogen-bond donors (Lipinski definition) is 0. The van der Waals surface area contributed by atoms with E-state index in [4.69, 9.17) is 0 Å². The molecule has 1 nitrogen and oxygen atoms in total. The minimum atomic E-state index is 1.29. The minimum Gasteiger partial charge on any atom is -0.343 e. The van der Waals surface area contributed by atoms with E-state index in [9.17, 15) is 0 Å². The Labute approximate surface area is 146 Å². The molecule has 4 aromatic carbocycles. The van der Waals surface area contributed by atoms with E-state index in [1.807, 2.05) is 0 Å². The van der Waals surface area contributed by atoms with E-state index in [2.05, 4.69) is 91.7 Å². The Bertz CT molecular complexity index is 1330. The number of aryl methyl sites for hydroxylation is 1. The van der Waals surface area contributed by atoms with Gasteiger partial charge in [0.05, 0.1) is 5.52 Å². The number of nitrogens with zero attached hydrogens (tertiary/aromatic N) is 1. The van der Waals surface area contributed by atoms with Crippen molar-refractivity contribution in [3.05, 3.63) is 72.8 Å². The maximum absolute atomic E-state index is 2.37. The number of hydrogen-bond acceptors (Lipinski definition) is 0. The SMILES string of the molecule is Cn1c2ccccc2c2c3ccccc3c3c(c21)-c1ccccc1[B]3. The predicted molar refractivity (Wildman–Crippen MR) is 108 cm³/mol. The zero-order valence-corrected chi connectivity index (χ0v) is 14.0. The monoisotopic (exact) mass is 316 g/mol. The fraction of sp³-hybridized carbons (Fsp3) is 0.0435. The molecule has 0 spiro atoms. The van der Waals surface area contributed by atoms with Crippen molar-refractivity contribution in [2.45, 2.75) is 0 Å². The van der Waals surface area contributed by atoms with Crippen LogP contribution in [0.5, 0.6) is 0 Å². The van der Waals surface area contributed by atoms with E-state index in [1.54, 1.807) is 0 Å². The van der Waals surface area contributed by atoms with Crippen LogP contribution in [0.15, 0.2) is 72.8 Å². The van der Waals surface area contributed by atoms with E-state index >= 15 is 0 Å². The fourth-order valence-electron chi connectivity index (χ4n) is 4.59. The maximum Gasteiger partial charge on any atom is 0.193 e. The van der Waals surface area contributed by atoms with Crippen molar-refractivity contribution in [3.63, 3.8) is 0 Å². The molecule has 0 bridgehead atoms. The number of para-hydroxylation sites is 1. The summed E-state index contributed by atoms with van der Waals surface area (Å²) >= 11 is 0. The van der Waals surface area contributed by atoms with Gasteiger partial charge < -0.3 is 4.57 Å². The molecule has 5 aromatic rings. The van der Waals surface area contributed by atoms with Gasteiger partial charge in [0.15, 0.2) is 7.28 Å². The molecular formula is C23H15BN. The van der Waals surface area contributed by atoms with Crippen LogP contribution in [0.2, 0.25) is 0 Å². The summed E-state index contributed by atoms with van der Waals surface area (Å²) in [6.07, 6.45) is 0. The van der Waals surface area contributed by atoms with Crippen molar-refractivity contribution in [2.24, 2.45) is 7.05 Å². The molecular weight excluding hydrogens is 301 g/mol. The fourth-order valence-corrected chi connectivity index (χ4v) is 4.59. The summed E-state index contributed by atoms with van der Waals surface area (Å²) in [4.78, 5) is 0. The van der Waals surface area contributed by atoms with Crippen LogP contribution in [-0.2, 0) is 7.05 Å². The van der Waals surface area contributed by atoms with Crippen LogP contribution in [0.1, 0.15) is 0 Å². The first-order valence-electron chi connectivity index (χ1n) is 8.70. The lowest BCUT2D eigenvalue weighted by Crippen LogP contribution is -2.21. The van der Waals surface area contributed by atoms with Gasteiger partial charge in [0.2, 0.25) is 0 Å². The van der Waals surface area contributed by atoms with Crippen molar-refractivity contribution in [3.8, 4) is 11.1 Å². The topological polar surface area (TPSA) is 4.93 Å². The van der Waals surface area contributed by atoms with Crippen molar-refractivity contribution < 1.29 is 0 Å². The van der Waals surface area contributed by atoms with Crippen LogP contribution >= 0.6 is 0 Å². The van der Waals surface area contributed by atoms with E-state index < -0.39 is 0 Å². The van der Waals surface area contributed by atoms with Gasteiger partial charge in [-0.2, -0.15) is 0 Å². The average Bonchev–Trinajstić information content (AvgIpc) is 3.19. The molecule has 2 heteroatoms. The van der Waals surface area contributed by atoms with Crippen LogP contribution in [0, 0.1) is 0 Å². The predicted octanol–water partition coefficient (Wildman–Crippen LogP) is 4.12. The van der Waals surface area contributed by atoms with Crippen LogP contribution in [0.4, 0.5) is 0 Å². The second-order valence-corrected chi connectivity index (χ2v) is 6.87. The highest BCUT2D eigenvalue weighted by Crippen LogP contribution is 2.40. The molecule has 1 radical (unpaired) electrons. The zero-order valence-electron chi connectivity index (χ0n) is 14.0. The highest BCUT2D eigenvalue weighted by Gasteiger charge is 2.27. The number of benzene rings is 4. The molecule has 1 aliphatic rings. The van der Waals surface area contributed by atoms with E-state index in [0.29, 0.717) is 0 Å². The van der Waals surface area contributed by atoms with Crippen molar-refractivity contribution in [1.82, 2.24) is 4.57 Å². The first kappa shape index (κ1) is 13.3. The number of rotatable bonds is 0. The highest BCUT2D eigenvalue weighted by atomic mass is 14.9. The molecule has 0 aliphatic carbocycles. The second kappa shape index (κ2) is 4.55. The van der Waals surface area contributed by atoms with Crippen LogP contribution in [0.25, 0.3) is 43.7 Å². The Kier molecular flexibility index (Phi) is 2.42. The molecule has 0 fully saturated rings. The van der Waals surface area contributed by atoms with E-state index in [1.165, 1.54) is 54.6 Å². The summed E-state index contributed by atoms with van der Waals surface area (Å²) in [5.41, 5.74) is 8.04. The lowest BCUT2D eigenvalue weighted by molar-refractivity contribution is 1.02. The molecule has 0 saturated heterocycles. The first-order chi connectivity index (χ1) is 12.3. The summed E-state index contributed by atoms with van der Waals surface area (Å²) in [6.45, 7) is 0. The van der Waals surface area contributed by atoms with Crippen LogP contribution in [0.3, 0.4) is 0 Å². The van der Waals surface area contributed by atoms with Gasteiger partial charge in [-0.15, -0.1) is 0 Å². The summed E-state index contributed by atoms with van der Waals surface area (Å²) < 4.78 is 2.37. The zero-order chi connectivity index (χ0) is 16.5. The Morgan fingerprint density at radius 2 is 1.40 bits per heavy atom. The van der Waals surface area contributed by atoms with Gasteiger partial charge in [0.1, 0.15) is 0 Å². The quantitative estimate of drug-likeness (QED) is 0.372. The molecule has 0 amide bonds. The molecule has 0 unspecified atom stereocenters. The highest BCUT2D eigenvalue weighted by molar-refractivity contribution is 6.77. The van der Waals surface area contributed by atoms with Gasteiger partial charge in [-0.3, -0.25) is 0 Å². The van der Waals surface area contributed by atoms with Gasteiger partial charge in [-0.1, -0.05) is 77.7 Å². The standard InChI is InChI=1S/C23H15BN/c1-25-19-13-7-5-11-17(19)20-14-8-2-3-9-15(14)22-21(23(20)25)16-10-4-6-12-18(16)24-22/h2-13H,1H3. The Morgan fingerprint density at radius 1 is 0.720 bits per heavy atom. The second-order valence-electron chi connectivity index (χ2n) is 6.87. The molecule has 1 aromatic heterocycles. The third-order valence-corrected chi connectivity index (χ3v) is 5.63. The van der Waals surface area contributed by atoms with Crippen LogP contribution < -0.4 is 10.9 Å². The van der Waals surface area contributed by atoms with Gasteiger partial charge in [0, 0.05) is 28.9 Å².